The third-order valence-corrected chi connectivity index (χ3v) is 3.16. The van der Waals surface area contributed by atoms with E-state index in [-0.39, 0.29) is 11.2 Å². The molecular weight excluding hydrogens is 220 g/mol. The van der Waals surface area contributed by atoms with E-state index in [1.807, 2.05) is 0 Å². The smallest absolute Gasteiger partial charge is 0.364 e. The predicted molar refractivity (Wildman–Crippen MR) is 67.2 cm³/mol. The van der Waals surface area contributed by atoms with Crippen LogP contribution in [-0.2, 0) is 7.05 Å². The van der Waals surface area contributed by atoms with Crippen molar-refractivity contribution < 1.29 is 4.92 Å². The average Bonchev–Trinajstić information content (AvgIpc) is 2.53. The van der Waals surface area contributed by atoms with E-state index >= 15 is 0 Å². The zero-order valence-electron chi connectivity index (χ0n) is 11.1. The minimum absolute atomic E-state index is 0.100. The Bertz CT molecular complexity index is 423. The van der Waals surface area contributed by atoms with Crippen LogP contribution in [0.15, 0.2) is 0 Å². The molecule has 0 saturated carbocycles. The zero-order chi connectivity index (χ0) is 13.2. The number of nitro groups is 1. The Balaban J connectivity index is 2.94. The summed E-state index contributed by atoms with van der Waals surface area (Å²) in [6.45, 7) is 8.78. The first-order valence-corrected chi connectivity index (χ1v) is 5.70. The quantitative estimate of drug-likeness (QED) is 0.634. The third kappa shape index (κ3) is 2.95. The van der Waals surface area contributed by atoms with E-state index in [4.69, 9.17) is 0 Å². The number of hydrogen-bond acceptors (Lipinski definition) is 4. The first kappa shape index (κ1) is 13.5. The van der Waals surface area contributed by atoms with Gasteiger partial charge in [0, 0.05) is 20.5 Å². The van der Waals surface area contributed by atoms with Gasteiger partial charge in [0.05, 0.1) is 0 Å². The molecule has 1 aromatic rings. The Morgan fingerprint density at radius 1 is 1.53 bits per heavy atom. The molecule has 1 rings (SSSR count). The second kappa shape index (κ2) is 4.73. The maximum atomic E-state index is 10.9. The molecule has 0 fully saturated rings. The molecule has 0 aliphatic heterocycles. The number of aryl methyl sites for hydroxylation is 1. The van der Waals surface area contributed by atoms with Gasteiger partial charge in [-0.2, -0.15) is 0 Å². The highest BCUT2D eigenvalue weighted by Crippen LogP contribution is 2.26. The van der Waals surface area contributed by atoms with Crippen LogP contribution in [0.25, 0.3) is 0 Å². The third-order valence-electron chi connectivity index (χ3n) is 3.16. The van der Waals surface area contributed by atoms with Crippen LogP contribution in [-0.4, -0.2) is 21.0 Å². The van der Waals surface area contributed by atoms with Crippen LogP contribution < -0.4 is 5.32 Å². The predicted octanol–water partition coefficient (Wildman–Crippen LogP) is 2.48. The average molecular weight is 240 g/mol. The van der Waals surface area contributed by atoms with Crippen LogP contribution in [0.2, 0.25) is 0 Å². The van der Waals surface area contributed by atoms with Gasteiger partial charge in [-0.1, -0.05) is 20.8 Å². The van der Waals surface area contributed by atoms with Crippen LogP contribution in [0.4, 0.5) is 11.6 Å². The van der Waals surface area contributed by atoms with Crippen molar-refractivity contribution in [3.05, 3.63) is 15.9 Å². The lowest BCUT2D eigenvalue weighted by Crippen LogP contribution is -2.23. The van der Waals surface area contributed by atoms with Crippen LogP contribution >= 0.6 is 0 Å². The van der Waals surface area contributed by atoms with Gasteiger partial charge in [0.25, 0.3) is 0 Å². The van der Waals surface area contributed by atoms with Crippen LogP contribution in [0.3, 0.4) is 0 Å². The number of nitrogens with one attached hydrogen (secondary N) is 1. The molecular formula is C11H20N4O2. The van der Waals surface area contributed by atoms with E-state index in [1.54, 1.807) is 18.5 Å². The molecule has 6 nitrogen and oxygen atoms in total. The summed E-state index contributed by atoms with van der Waals surface area (Å²) in [5.74, 6) is 1.01. The van der Waals surface area contributed by atoms with Crippen molar-refractivity contribution in [3.8, 4) is 0 Å². The number of aromatic nitrogens is 2. The summed E-state index contributed by atoms with van der Waals surface area (Å²) >= 11 is 0. The van der Waals surface area contributed by atoms with E-state index in [0.717, 1.165) is 6.42 Å². The van der Waals surface area contributed by atoms with Crippen molar-refractivity contribution in [3.63, 3.8) is 0 Å². The second-order valence-corrected chi connectivity index (χ2v) is 5.02. The first-order chi connectivity index (χ1) is 7.78. The van der Waals surface area contributed by atoms with Crippen molar-refractivity contribution >= 4 is 11.6 Å². The summed E-state index contributed by atoms with van der Waals surface area (Å²) in [6, 6.07) is 0. The minimum atomic E-state index is -0.450. The van der Waals surface area contributed by atoms with Crippen molar-refractivity contribution in [2.24, 2.45) is 12.5 Å². The van der Waals surface area contributed by atoms with Crippen molar-refractivity contribution in [2.45, 2.75) is 34.1 Å². The fraction of sp³-hybridized carbons (Fsp3) is 0.727. The summed E-state index contributed by atoms with van der Waals surface area (Å²) < 4.78 is 1.71. The summed E-state index contributed by atoms with van der Waals surface area (Å²) in [5.41, 5.74) is 0.103. The van der Waals surface area contributed by atoms with E-state index < -0.39 is 4.92 Å². The monoisotopic (exact) mass is 240 g/mol. The number of imidazole rings is 1. The summed E-state index contributed by atoms with van der Waals surface area (Å²) in [5, 5.41) is 14.0. The Hall–Kier alpha value is -1.59. The highest BCUT2D eigenvalue weighted by atomic mass is 16.6. The molecule has 0 bridgehead atoms. The SMILES string of the molecule is CCC(C)(C)CNc1c([N+](=O)[O-])nc(C)n1C. The fourth-order valence-corrected chi connectivity index (χ4v) is 1.37. The summed E-state index contributed by atoms with van der Waals surface area (Å²) in [6.07, 6.45) is 1.00. The van der Waals surface area contributed by atoms with E-state index in [9.17, 15) is 10.1 Å². The van der Waals surface area contributed by atoms with Gasteiger partial charge >= 0.3 is 5.82 Å². The van der Waals surface area contributed by atoms with Crippen LogP contribution in [0.1, 0.15) is 33.0 Å². The molecule has 0 aliphatic rings. The molecule has 0 radical (unpaired) electrons. The number of anilines is 1. The van der Waals surface area contributed by atoms with Crippen molar-refractivity contribution in [1.29, 1.82) is 0 Å². The molecule has 0 unspecified atom stereocenters. The summed E-state index contributed by atoms with van der Waals surface area (Å²) in [4.78, 5) is 14.4. The van der Waals surface area contributed by atoms with Crippen LogP contribution in [0.5, 0.6) is 0 Å². The highest BCUT2D eigenvalue weighted by Gasteiger charge is 2.25. The zero-order valence-corrected chi connectivity index (χ0v) is 11.1. The molecule has 0 aromatic carbocycles. The summed E-state index contributed by atoms with van der Waals surface area (Å²) in [7, 11) is 1.77. The van der Waals surface area contributed by atoms with E-state index in [1.165, 1.54) is 0 Å². The van der Waals surface area contributed by atoms with Gasteiger partial charge in [-0.25, -0.2) is 0 Å². The van der Waals surface area contributed by atoms with Crippen molar-refractivity contribution in [1.82, 2.24) is 9.55 Å². The molecule has 1 N–H and O–H groups in total. The topological polar surface area (TPSA) is 73.0 Å². The molecule has 17 heavy (non-hydrogen) atoms. The van der Waals surface area contributed by atoms with Gasteiger partial charge < -0.3 is 15.4 Å². The van der Waals surface area contributed by atoms with Gasteiger partial charge in [0.2, 0.25) is 11.6 Å². The molecule has 0 saturated heterocycles. The normalized spacial score (nSPS) is 11.6. The van der Waals surface area contributed by atoms with E-state index in [0.29, 0.717) is 18.2 Å². The lowest BCUT2D eigenvalue weighted by atomic mass is 9.90. The fourth-order valence-electron chi connectivity index (χ4n) is 1.37. The molecule has 0 atom stereocenters. The van der Waals surface area contributed by atoms with E-state index in [2.05, 4.69) is 31.1 Å². The molecule has 0 aliphatic carbocycles. The van der Waals surface area contributed by atoms with Gasteiger partial charge in [-0.15, -0.1) is 0 Å². The highest BCUT2D eigenvalue weighted by molar-refractivity contribution is 5.53. The van der Waals surface area contributed by atoms with Gasteiger partial charge in [-0.3, -0.25) is 4.57 Å². The molecule has 96 valence electrons. The maximum absolute atomic E-state index is 10.9. The van der Waals surface area contributed by atoms with Crippen LogP contribution in [0, 0.1) is 22.5 Å². The Kier molecular flexibility index (Phi) is 3.75. The number of nitrogens with zero attached hydrogens (tertiary/aromatic N) is 3. The van der Waals surface area contributed by atoms with Gasteiger partial charge in [0.1, 0.15) is 0 Å². The molecule has 6 heteroatoms. The van der Waals surface area contributed by atoms with Gasteiger partial charge in [0.15, 0.2) is 0 Å². The Morgan fingerprint density at radius 3 is 2.59 bits per heavy atom. The number of rotatable bonds is 5. The Morgan fingerprint density at radius 2 is 2.12 bits per heavy atom. The standard InChI is InChI=1S/C11H20N4O2/c1-6-11(3,4)7-12-9-10(15(16)17)13-8(2)14(9)5/h12H,6-7H2,1-5H3. The van der Waals surface area contributed by atoms with Gasteiger partial charge in [-0.05, 0) is 21.7 Å². The minimum Gasteiger partial charge on any atom is -0.364 e. The second-order valence-electron chi connectivity index (χ2n) is 5.02. The molecule has 0 spiro atoms. The molecule has 1 aromatic heterocycles. The first-order valence-electron chi connectivity index (χ1n) is 5.70. The number of hydrogen-bond donors (Lipinski definition) is 1. The largest absolute Gasteiger partial charge is 0.406 e. The molecule has 0 amide bonds. The molecule has 1 heterocycles. The van der Waals surface area contributed by atoms with Crippen molar-refractivity contribution in [2.75, 3.05) is 11.9 Å². The maximum Gasteiger partial charge on any atom is 0.406 e. The Labute approximate surface area is 101 Å². The lowest BCUT2D eigenvalue weighted by Gasteiger charge is -2.23. The lowest BCUT2D eigenvalue weighted by molar-refractivity contribution is -0.388.